The highest BCUT2D eigenvalue weighted by molar-refractivity contribution is 6.29. The first-order chi connectivity index (χ1) is 17.4. The molecule has 198 valence electrons. The maximum absolute atomic E-state index is 13.7. The Balaban J connectivity index is 1.78. The zero-order chi connectivity index (χ0) is 27.2. The van der Waals surface area contributed by atoms with E-state index in [4.69, 9.17) is 11.6 Å². The van der Waals surface area contributed by atoms with Gasteiger partial charge in [-0.1, -0.05) is 42.8 Å². The molecule has 0 bridgehead atoms. The summed E-state index contributed by atoms with van der Waals surface area (Å²) in [6.45, 7) is 2.38. The molecule has 0 radical (unpaired) electrons. The minimum absolute atomic E-state index is 0.0319. The number of carbonyl (C=O) groups excluding carboxylic acids is 1. The minimum atomic E-state index is -4.77. The number of alkyl halides is 3. The summed E-state index contributed by atoms with van der Waals surface area (Å²) in [6, 6.07) is 10.5. The van der Waals surface area contributed by atoms with Crippen molar-refractivity contribution in [2.45, 2.75) is 44.6 Å². The van der Waals surface area contributed by atoms with E-state index < -0.39 is 52.3 Å². The van der Waals surface area contributed by atoms with Crippen LogP contribution in [0.3, 0.4) is 0 Å². The summed E-state index contributed by atoms with van der Waals surface area (Å²) in [6.07, 6.45) is -5.40. The Morgan fingerprint density at radius 1 is 1.03 bits per heavy atom. The van der Waals surface area contributed by atoms with Crippen LogP contribution in [0.15, 0.2) is 54.6 Å². The number of aliphatic hydroxyl groups is 1. The molecule has 0 aliphatic rings. The van der Waals surface area contributed by atoms with Gasteiger partial charge in [0.15, 0.2) is 0 Å². The summed E-state index contributed by atoms with van der Waals surface area (Å²) in [7, 11) is 0. The Hall–Kier alpha value is -3.08. The SMILES string of the molecule is CCc1cccc(CNC[C@@H](O)[C@@H](Cc2cc(F)cc(F)c2)NC(=O)c2cc(C(F)(F)F)cc(Cl)n2)c1. The van der Waals surface area contributed by atoms with Crippen molar-refractivity contribution in [2.24, 2.45) is 0 Å². The molecule has 1 heterocycles. The molecule has 1 amide bonds. The highest BCUT2D eigenvalue weighted by Crippen LogP contribution is 2.31. The van der Waals surface area contributed by atoms with Crippen LogP contribution in [0.25, 0.3) is 0 Å². The number of amides is 1. The molecule has 0 aliphatic heterocycles. The molecule has 3 aromatic rings. The van der Waals surface area contributed by atoms with Gasteiger partial charge in [-0.2, -0.15) is 13.2 Å². The molecule has 2 aromatic carbocycles. The average molecular weight is 542 g/mol. The fourth-order valence-corrected chi connectivity index (χ4v) is 3.96. The lowest BCUT2D eigenvalue weighted by atomic mass is 10.00. The van der Waals surface area contributed by atoms with Gasteiger partial charge in [-0.15, -0.1) is 0 Å². The largest absolute Gasteiger partial charge is 0.416 e. The predicted octanol–water partition coefficient (Wildman–Crippen LogP) is 5.09. The van der Waals surface area contributed by atoms with Gasteiger partial charge in [-0.3, -0.25) is 4.79 Å². The second-order valence-electron chi connectivity index (χ2n) is 8.50. The van der Waals surface area contributed by atoms with Gasteiger partial charge in [0.25, 0.3) is 5.91 Å². The van der Waals surface area contributed by atoms with Crippen molar-refractivity contribution in [3.8, 4) is 0 Å². The second-order valence-corrected chi connectivity index (χ2v) is 8.88. The first-order valence-electron chi connectivity index (χ1n) is 11.4. The van der Waals surface area contributed by atoms with Crippen molar-refractivity contribution in [1.82, 2.24) is 15.6 Å². The van der Waals surface area contributed by atoms with E-state index in [9.17, 15) is 31.9 Å². The smallest absolute Gasteiger partial charge is 0.390 e. The topological polar surface area (TPSA) is 74.2 Å². The Labute approximate surface area is 215 Å². The van der Waals surface area contributed by atoms with Gasteiger partial charge < -0.3 is 15.7 Å². The maximum Gasteiger partial charge on any atom is 0.416 e. The number of aromatic nitrogens is 1. The van der Waals surface area contributed by atoms with Crippen LogP contribution in [-0.2, 0) is 25.6 Å². The van der Waals surface area contributed by atoms with Crippen LogP contribution in [0.2, 0.25) is 5.15 Å². The van der Waals surface area contributed by atoms with Gasteiger partial charge in [0, 0.05) is 19.2 Å². The second kappa shape index (κ2) is 12.4. The molecule has 0 unspecified atom stereocenters. The number of pyridine rings is 1. The van der Waals surface area contributed by atoms with Crippen molar-refractivity contribution in [2.75, 3.05) is 6.54 Å². The van der Waals surface area contributed by atoms with Crippen LogP contribution in [0.5, 0.6) is 0 Å². The van der Waals surface area contributed by atoms with Crippen LogP contribution in [0.4, 0.5) is 22.0 Å². The molecule has 0 fully saturated rings. The van der Waals surface area contributed by atoms with Gasteiger partial charge in [-0.25, -0.2) is 13.8 Å². The Kier molecular flexibility index (Phi) is 9.58. The molecule has 0 aliphatic carbocycles. The lowest BCUT2D eigenvalue weighted by Gasteiger charge is -2.25. The Morgan fingerprint density at radius 3 is 2.35 bits per heavy atom. The molecular weight excluding hydrogens is 517 g/mol. The van der Waals surface area contributed by atoms with E-state index in [0.29, 0.717) is 24.7 Å². The number of aliphatic hydroxyl groups excluding tert-OH is 1. The summed E-state index contributed by atoms with van der Waals surface area (Å²) in [5.74, 6) is -2.74. The predicted molar refractivity (Wildman–Crippen MR) is 129 cm³/mol. The number of nitrogens with one attached hydrogen (secondary N) is 2. The van der Waals surface area contributed by atoms with Gasteiger partial charge >= 0.3 is 6.18 Å². The third-order valence-corrected chi connectivity index (χ3v) is 5.79. The molecule has 11 heteroatoms. The summed E-state index contributed by atoms with van der Waals surface area (Å²) in [5.41, 5.74) is 0.435. The van der Waals surface area contributed by atoms with Crippen LogP contribution in [-0.4, -0.2) is 34.7 Å². The monoisotopic (exact) mass is 541 g/mol. The molecule has 37 heavy (non-hydrogen) atoms. The van der Waals surface area contributed by atoms with Crippen molar-refractivity contribution >= 4 is 17.5 Å². The molecule has 5 nitrogen and oxygen atoms in total. The quantitative estimate of drug-likeness (QED) is 0.247. The first-order valence-corrected chi connectivity index (χ1v) is 11.8. The number of benzene rings is 2. The number of nitrogens with zero attached hydrogens (tertiary/aromatic N) is 1. The van der Waals surface area contributed by atoms with E-state index in [-0.39, 0.29) is 18.5 Å². The standard InChI is InChI=1S/C26H25ClF5N3O2/c1-2-15-4-3-5-16(6-15)13-33-14-23(36)21(9-17-7-19(28)12-20(29)8-17)35-25(37)22-10-18(26(30,31)32)11-24(27)34-22/h3-8,10-12,21,23,33,36H,2,9,13-14H2,1H3,(H,35,37)/t21-,23-/m1/s1. The molecule has 1 aromatic heterocycles. The number of hydrogen-bond donors (Lipinski definition) is 3. The van der Waals surface area contributed by atoms with E-state index in [2.05, 4.69) is 15.6 Å². The maximum atomic E-state index is 13.7. The van der Waals surface area contributed by atoms with Crippen molar-refractivity contribution < 1.29 is 31.9 Å². The summed E-state index contributed by atoms with van der Waals surface area (Å²) in [4.78, 5) is 16.5. The minimum Gasteiger partial charge on any atom is -0.390 e. The Bertz CT molecular complexity index is 1220. The summed E-state index contributed by atoms with van der Waals surface area (Å²) in [5, 5.41) is 15.8. The normalized spacial score (nSPS) is 13.3. The Morgan fingerprint density at radius 2 is 1.70 bits per heavy atom. The fourth-order valence-electron chi connectivity index (χ4n) is 3.75. The van der Waals surface area contributed by atoms with E-state index in [1.54, 1.807) is 0 Å². The van der Waals surface area contributed by atoms with Crippen molar-refractivity contribution in [3.63, 3.8) is 0 Å². The summed E-state index contributed by atoms with van der Waals surface area (Å²) < 4.78 is 66.9. The van der Waals surface area contributed by atoms with Crippen LogP contribution < -0.4 is 10.6 Å². The van der Waals surface area contributed by atoms with Gasteiger partial charge in [-0.05, 0) is 53.8 Å². The number of hydrogen-bond acceptors (Lipinski definition) is 4. The zero-order valence-corrected chi connectivity index (χ0v) is 20.5. The van der Waals surface area contributed by atoms with Gasteiger partial charge in [0.05, 0.1) is 17.7 Å². The molecule has 3 rings (SSSR count). The molecule has 2 atom stereocenters. The van der Waals surface area contributed by atoms with Gasteiger partial charge in [0.1, 0.15) is 22.5 Å². The lowest BCUT2D eigenvalue weighted by molar-refractivity contribution is -0.137. The van der Waals surface area contributed by atoms with E-state index in [1.165, 1.54) is 0 Å². The highest BCUT2D eigenvalue weighted by atomic mass is 35.5. The van der Waals surface area contributed by atoms with E-state index in [1.807, 2.05) is 31.2 Å². The first kappa shape index (κ1) is 28.5. The molecular formula is C26H25ClF5N3O2. The number of aryl methyl sites for hydroxylation is 1. The fraction of sp³-hybridized carbons (Fsp3) is 0.308. The zero-order valence-electron chi connectivity index (χ0n) is 19.7. The van der Waals surface area contributed by atoms with Crippen molar-refractivity contribution in [1.29, 1.82) is 0 Å². The number of halogens is 6. The lowest BCUT2D eigenvalue weighted by Crippen LogP contribution is -2.49. The molecule has 3 N–H and O–H groups in total. The van der Waals surface area contributed by atoms with E-state index in [0.717, 1.165) is 29.7 Å². The molecule has 0 saturated carbocycles. The highest BCUT2D eigenvalue weighted by Gasteiger charge is 2.33. The third kappa shape index (κ3) is 8.48. The van der Waals surface area contributed by atoms with Gasteiger partial charge in [0.2, 0.25) is 0 Å². The van der Waals surface area contributed by atoms with Crippen molar-refractivity contribution in [3.05, 3.63) is 99.3 Å². The van der Waals surface area contributed by atoms with E-state index >= 15 is 0 Å². The number of carbonyl (C=O) groups is 1. The van der Waals surface area contributed by atoms with Crippen LogP contribution in [0, 0.1) is 11.6 Å². The third-order valence-electron chi connectivity index (χ3n) is 5.60. The van der Waals surface area contributed by atoms with Crippen LogP contribution in [0.1, 0.15) is 39.7 Å². The average Bonchev–Trinajstić information content (AvgIpc) is 2.82. The molecule has 0 saturated heterocycles. The summed E-state index contributed by atoms with van der Waals surface area (Å²) >= 11 is 5.68. The number of rotatable bonds is 10. The molecule has 0 spiro atoms. The van der Waals surface area contributed by atoms with Crippen LogP contribution >= 0.6 is 11.6 Å².